The summed E-state index contributed by atoms with van der Waals surface area (Å²) in [6.45, 7) is 0.368. The lowest BCUT2D eigenvalue weighted by Crippen LogP contribution is -2.18. The van der Waals surface area contributed by atoms with Crippen LogP contribution in [0.4, 0.5) is 0 Å². The van der Waals surface area contributed by atoms with Crippen molar-refractivity contribution in [2.75, 3.05) is 6.54 Å². The lowest BCUT2D eigenvalue weighted by molar-refractivity contribution is 0.214. The Morgan fingerprint density at radius 3 is 2.68 bits per heavy atom. The van der Waals surface area contributed by atoms with Crippen LogP contribution in [0.5, 0.6) is 5.75 Å². The topological polar surface area (TPSA) is 59.0 Å². The molecule has 2 aromatic rings. The largest absolute Gasteiger partial charge is 0.484 e. The van der Waals surface area contributed by atoms with Gasteiger partial charge < -0.3 is 10.5 Å². The van der Waals surface area contributed by atoms with Crippen LogP contribution in [0.25, 0.3) is 0 Å². The zero-order chi connectivity index (χ0) is 13.7. The molecule has 2 aromatic carbocycles. The predicted octanol–water partition coefficient (Wildman–Crippen LogP) is 3.40. The maximum Gasteiger partial charge on any atom is 0.136 e. The Kier molecular flexibility index (Phi) is 4.56. The van der Waals surface area contributed by atoms with Crippen molar-refractivity contribution in [3.63, 3.8) is 0 Å². The van der Waals surface area contributed by atoms with E-state index in [0.29, 0.717) is 17.9 Å². The molecular formula is C15H13BrN2O. The van der Waals surface area contributed by atoms with Crippen molar-refractivity contribution in [3.8, 4) is 11.8 Å². The van der Waals surface area contributed by atoms with Gasteiger partial charge in [0.1, 0.15) is 11.9 Å². The molecule has 19 heavy (non-hydrogen) atoms. The number of halogens is 1. The Balaban J connectivity index is 2.21. The molecule has 0 fully saturated rings. The minimum Gasteiger partial charge on any atom is -0.484 e. The molecule has 0 amide bonds. The van der Waals surface area contributed by atoms with Crippen LogP contribution in [0.3, 0.4) is 0 Å². The standard InChI is InChI=1S/C15H13BrN2O/c16-13-5-2-4-12(8-13)15(10-18)19-14-6-1-3-11(7-14)9-17/h1-8,15H,10,18H2. The van der Waals surface area contributed by atoms with E-state index in [9.17, 15) is 0 Å². The second-order valence-corrected chi connectivity index (χ2v) is 4.95. The van der Waals surface area contributed by atoms with E-state index >= 15 is 0 Å². The molecular weight excluding hydrogens is 304 g/mol. The van der Waals surface area contributed by atoms with Crippen LogP contribution in [0.1, 0.15) is 17.2 Å². The Hall–Kier alpha value is -1.83. The van der Waals surface area contributed by atoms with Crippen LogP contribution in [-0.2, 0) is 0 Å². The van der Waals surface area contributed by atoms with Crippen LogP contribution in [-0.4, -0.2) is 6.54 Å². The molecule has 0 aliphatic carbocycles. The lowest BCUT2D eigenvalue weighted by atomic mass is 10.1. The summed E-state index contributed by atoms with van der Waals surface area (Å²) in [5.41, 5.74) is 7.34. The molecule has 0 saturated heterocycles. The van der Waals surface area contributed by atoms with Gasteiger partial charge in [-0.2, -0.15) is 5.26 Å². The number of nitriles is 1. The third kappa shape index (κ3) is 3.57. The molecule has 0 aliphatic rings. The minimum atomic E-state index is -0.230. The Labute approximate surface area is 120 Å². The van der Waals surface area contributed by atoms with Gasteiger partial charge in [0.25, 0.3) is 0 Å². The summed E-state index contributed by atoms with van der Waals surface area (Å²) in [4.78, 5) is 0. The van der Waals surface area contributed by atoms with E-state index in [2.05, 4.69) is 22.0 Å². The van der Waals surface area contributed by atoms with Gasteiger partial charge in [-0.05, 0) is 35.9 Å². The minimum absolute atomic E-state index is 0.230. The zero-order valence-electron chi connectivity index (χ0n) is 10.2. The van der Waals surface area contributed by atoms with Gasteiger partial charge in [0, 0.05) is 11.0 Å². The maximum absolute atomic E-state index is 8.87. The first kappa shape index (κ1) is 13.6. The molecule has 1 atom stereocenters. The molecule has 2 N–H and O–H groups in total. The smallest absolute Gasteiger partial charge is 0.136 e. The van der Waals surface area contributed by atoms with Crippen molar-refractivity contribution in [2.45, 2.75) is 6.10 Å². The highest BCUT2D eigenvalue weighted by Gasteiger charge is 2.12. The second kappa shape index (κ2) is 6.37. The molecule has 0 spiro atoms. The third-order valence-corrected chi connectivity index (χ3v) is 3.17. The van der Waals surface area contributed by atoms with E-state index in [1.54, 1.807) is 18.2 Å². The fourth-order valence-electron chi connectivity index (χ4n) is 1.76. The van der Waals surface area contributed by atoms with Gasteiger partial charge >= 0.3 is 0 Å². The molecule has 0 saturated carbocycles. The molecule has 1 unspecified atom stereocenters. The number of benzene rings is 2. The van der Waals surface area contributed by atoms with Gasteiger partial charge in [0.15, 0.2) is 0 Å². The van der Waals surface area contributed by atoms with E-state index in [-0.39, 0.29) is 6.10 Å². The molecule has 0 aromatic heterocycles. The first-order chi connectivity index (χ1) is 9.22. The van der Waals surface area contributed by atoms with E-state index in [1.807, 2.05) is 30.3 Å². The number of hydrogen-bond acceptors (Lipinski definition) is 3. The highest BCUT2D eigenvalue weighted by molar-refractivity contribution is 9.10. The third-order valence-electron chi connectivity index (χ3n) is 2.68. The van der Waals surface area contributed by atoms with Crippen molar-refractivity contribution >= 4 is 15.9 Å². The summed E-state index contributed by atoms with van der Waals surface area (Å²) in [7, 11) is 0. The SMILES string of the molecule is N#Cc1cccc(OC(CN)c2cccc(Br)c2)c1. The van der Waals surface area contributed by atoms with Crippen molar-refractivity contribution in [1.82, 2.24) is 0 Å². The van der Waals surface area contributed by atoms with Crippen LogP contribution in [0, 0.1) is 11.3 Å². The van der Waals surface area contributed by atoms with Gasteiger partial charge in [-0.3, -0.25) is 0 Å². The monoisotopic (exact) mass is 316 g/mol. The summed E-state index contributed by atoms with van der Waals surface area (Å²) in [5, 5.41) is 8.87. The predicted molar refractivity (Wildman–Crippen MR) is 77.7 cm³/mol. The molecule has 2 rings (SSSR count). The number of ether oxygens (including phenoxy) is 1. The van der Waals surface area contributed by atoms with Gasteiger partial charge in [-0.1, -0.05) is 34.1 Å². The summed E-state index contributed by atoms with van der Waals surface area (Å²) < 4.78 is 6.83. The van der Waals surface area contributed by atoms with E-state index in [4.69, 9.17) is 15.7 Å². The van der Waals surface area contributed by atoms with Crippen LogP contribution < -0.4 is 10.5 Å². The maximum atomic E-state index is 8.87. The Morgan fingerprint density at radius 1 is 1.21 bits per heavy atom. The van der Waals surface area contributed by atoms with Crippen molar-refractivity contribution in [1.29, 1.82) is 5.26 Å². The quantitative estimate of drug-likeness (QED) is 0.940. The van der Waals surface area contributed by atoms with Gasteiger partial charge in [0.05, 0.1) is 11.6 Å². The molecule has 4 heteroatoms. The van der Waals surface area contributed by atoms with E-state index in [0.717, 1.165) is 10.0 Å². The van der Waals surface area contributed by atoms with Crippen molar-refractivity contribution in [2.24, 2.45) is 5.73 Å². The molecule has 0 aliphatic heterocycles. The fraction of sp³-hybridized carbons (Fsp3) is 0.133. The summed E-state index contributed by atoms with van der Waals surface area (Å²) in [5.74, 6) is 0.648. The fourth-order valence-corrected chi connectivity index (χ4v) is 2.18. The van der Waals surface area contributed by atoms with Crippen LogP contribution in [0.2, 0.25) is 0 Å². The molecule has 3 nitrogen and oxygen atoms in total. The number of hydrogen-bond donors (Lipinski definition) is 1. The van der Waals surface area contributed by atoms with E-state index < -0.39 is 0 Å². The van der Waals surface area contributed by atoms with Crippen molar-refractivity contribution < 1.29 is 4.74 Å². The van der Waals surface area contributed by atoms with Gasteiger partial charge in [-0.15, -0.1) is 0 Å². The van der Waals surface area contributed by atoms with E-state index in [1.165, 1.54) is 0 Å². The summed E-state index contributed by atoms with van der Waals surface area (Å²) in [6, 6.07) is 17.0. The first-order valence-electron chi connectivity index (χ1n) is 5.85. The van der Waals surface area contributed by atoms with Gasteiger partial charge in [0.2, 0.25) is 0 Å². The first-order valence-corrected chi connectivity index (χ1v) is 6.64. The highest BCUT2D eigenvalue weighted by atomic mass is 79.9. The molecule has 0 heterocycles. The average Bonchev–Trinajstić information content (AvgIpc) is 2.45. The molecule has 96 valence electrons. The summed E-state index contributed by atoms with van der Waals surface area (Å²) in [6.07, 6.45) is -0.230. The van der Waals surface area contributed by atoms with Crippen molar-refractivity contribution in [3.05, 3.63) is 64.1 Å². The number of nitrogens with two attached hydrogens (primary N) is 1. The number of rotatable bonds is 4. The highest BCUT2D eigenvalue weighted by Crippen LogP contribution is 2.24. The number of nitrogens with zero attached hydrogens (tertiary/aromatic N) is 1. The van der Waals surface area contributed by atoms with Gasteiger partial charge in [-0.25, -0.2) is 0 Å². The normalized spacial score (nSPS) is 11.6. The molecule has 0 radical (unpaired) electrons. The average molecular weight is 317 g/mol. The van der Waals surface area contributed by atoms with Crippen LogP contribution >= 0.6 is 15.9 Å². The molecule has 0 bridgehead atoms. The Morgan fingerprint density at radius 2 is 2.00 bits per heavy atom. The second-order valence-electron chi connectivity index (χ2n) is 4.04. The Bertz CT molecular complexity index is 607. The van der Waals surface area contributed by atoms with Crippen LogP contribution in [0.15, 0.2) is 53.0 Å². The zero-order valence-corrected chi connectivity index (χ0v) is 11.8. The lowest BCUT2D eigenvalue weighted by Gasteiger charge is -2.18. The summed E-state index contributed by atoms with van der Waals surface area (Å²) >= 11 is 3.43.